The third-order valence-corrected chi connectivity index (χ3v) is 6.39. The van der Waals surface area contributed by atoms with Crippen LogP contribution >= 0.6 is 22.7 Å². The number of carbonyl (C=O) groups is 4. The zero-order valence-corrected chi connectivity index (χ0v) is 24.0. The van der Waals surface area contributed by atoms with Crippen molar-refractivity contribution in [2.75, 3.05) is 0 Å². The summed E-state index contributed by atoms with van der Waals surface area (Å²) in [7, 11) is 0. The fourth-order valence-corrected chi connectivity index (χ4v) is 3.90. The van der Waals surface area contributed by atoms with Crippen molar-refractivity contribution in [2.24, 2.45) is 20.4 Å². The first-order valence-corrected chi connectivity index (χ1v) is 12.5. The summed E-state index contributed by atoms with van der Waals surface area (Å²) in [6, 6.07) is 0. The number of aliphatic hydroxyl groups is 2. The third-order valence-electron chi connectivity index (χ3n) is 4.72. The van der Waals surface area contributed by atoms with Crippen LogP contribution in [0, 0.1) is 20.2 Å². The van der Waals surface area contributed by atoms with Gasteiger partial charge in [-0.05, 0) is 26.0 Å². The molecule has 4 rings (SSSR count). The second-order valence-corrected chi connectivity index (χ2v) is 9.64. The number of hydrogen-bond donors (Lipinski definition) is 2. The van der Waals surface area contributed by atoms with Crippen molar-refractivity contribution in [1.29, 1.82) is 0 Å². The number of nitro groups is 2. The minimum absolute atomic E-state index is 0. The number of allylic oxidation sites excluding steroid dienone is 6. The molecular weight excluding hydrogens is 659 g/mol. The second kappa shape index (κ2) is 14.6. The quantitative estimate of drug-likeness (QED) is 0.187. The second-order valence-electron chi connectivity index (χ2n) is 7.66. The minimum Gasteiger partial charge on any atom is -0.506 e. The Hall–Kier alpha value is -5.25. The van der Waals surface area contributed by atoms with Crippen molar-refractivity contribution in [3.8, 4) is 0 Å². The van der Waals surface area contributed by atoms with Crippen molar-refractivity contribution in [1.82, 2.24) is 9.97 Å². The van der Waals surface area contributed by atoms with Gasteiger partial charge in [0, 0.05) is 34.1 Å². The SMILES string of the molecule is CC(=O)C1=C/C(=N\N=c2/[n-]cc([N+](=O)[O-])s2)C(O)=CC1=O.CC(=O)C1=C/C(=N\N=c2/[n-]cc([N+](=O)[O-])s2)C(O)=CC1=O.[Co+2]. The van der Waals surface area contributed by atoms with E-state index in [-0.39, 0.29) is 59.0 Å². The summed E-state index contributed by atoms with van der Waals surface area (Å²) in [5.74, 6) is -3.07. The predicted octanol–water partition coefficient (Wildman–Crippen LogP) is 0.818. The van der Waals surface area contributed by atoms with Crippen LogP contribution < -0.4 is 19.6 Å². The van der Waals surface area contributed by atoms with Crippen molar-refractivity contribution >= 4 is 67.2 Å². The molecule has 0 aliphatic heterocycles. The first-order chi connectivity index (χ1) is 19.8. The monoisotopic (exact) mass is 673 g/mol. The van der Waals surface area contributed by atoms with Gasteiger partial charge in [-0.1, -0.05) is 22.7 Å². The summed E-state index contributed by atoms with van der Waals surface area (Å²) in [5, 5.41) is 54.3. The Morgan fingerprint density at radius 3 is 1.35 bits per heavy atom. The number of ketones is 4. The van der Waals surface area contributed by atoms with E-state index < -0.39 is 44.5 Å². The molecule has 1 radical (unpaired) electrons. The summed E-state index contributed by atoms with van der Waals surface area (Å²) < 4.78 is 0. The van der Waals surface area contributed by atoms with Gasteiger partial charge in [-0.25, -0.2) is 0 Å². The van der Waals surface area contributed by atoms with Gasteiger partial charge in [0.15, 0.2) is 23.1 Å². The maximum absolute atomic E-state index is 11.4. The van der Waals surface area contributed by atoms with E-state index in [1.165, 1.54) is 13.8 Å². The zero-order chi connectivity index (χ0) is 31.1. The summed E-state index contributed by atoms with van der Waals surface area (Å²) in [6.45, 7) is 2.41. The molecule has 0 saturated carbocycles. The molecule has 2 heterocycles. The average Bonchev–Trinajstić information content (AvgIpc) is 3.58. The van der Waals surface area contributed by atoms with Gasteiger partial charge in [0.1, 0.15) is 22.9 Å². The minimum atomic E-state index is -0.621. The van der Waals surface area contributed by atoms with Crippen LogP contribution in [0.5, 0.6) is 0 Å². The van der Waals surface area contributed by atoms with E-state index in [2.05, 4.69) is 30.4 Å². The topological polar surface area (TPSA) is 273 Å². The van der Waals surface area contributed by atoms with Crippen molar-refractivity contribution in [2.45, 2.75) is 13.8 Å². The van der Waals surface area contributed by atoms with Gasteiger partial charge < -0.3 is 30.4 Å². The fraction of sp³-hybridized carbons (Fsp3) is 0.0909. The molecule has 0 bridgehead atoms. The molecule has 223 valence electrons. The van der Waals surface area contributed by atoms with Crippen LogP contribution in [-0.2, 0) is 36.0 Å². The van der Waals surface area contributed by atoms with Gasteiger partial charge in [-0.2, -0.15) is 0 Å². The maximum atomic E-state index is 11.4. The molecule has 18 nitrogen and oxygen atoms in total. The van der Waals surface area contributed by atoms with Gasteiger partial charge >= 0.3 is 26.8 Å². The molecule has 0 fully saturated rings. The fourth-order valence-electron chi connectivity index (χ4n) is 2.79. The van der Waals surface area contributed by atoms with E-state index in [0.717, 1.165) is 36.7 Å². The first-order valence-electron chi connectivity index (χ1n) is 10.9. The molecule has 0 amide bonds. The van der Waals surface area contributed by atoms with Gasteiger partial charge in [0.05, 0.1) is 21.0 Å². The van der Waals surface area contributed by atoms with Gasteiger partial charge in [-0.3, -0.25) is 49.6 Å². The Labute approximate surface area is 256 Å². The van der Waals surface area contributed by atoms with Crippen LogP contribution in [0.25, 0.3) is 0 Å². The number of aromatic nitrogens is 2. The van der Waals surface area contributed by atoms with Crippen molar-refractivity contribution < 1.29 is 56.0 Å². The van der Waals surface area contributed by atoms with Gasteiger partial charge in [0.25, 0.3) is 0 Å². The molecule has 0 unspecified atom stereocenters. The molecule has 0 atom stereocenters. The normalized spacial score (nSPS) is 17.3. The molecule has 2 aromatic heterocycles. The van der Waals surface area contributed by atoms with Gasteiger partial charge in [-0.15, -0.1) is 0 Å². The number of hydrogen-bond acceptors (Lipinski definition) is 16. The molecular formula is C22H14CoN8O10S2. The molecule has 0 saturated heterocycles. The standard InChI is InChI=1S/2C11H8N4O5S.Co/c2*1-5(16)6-2-7(9(18)3-8(6)17)13-14-11-12-4-10(21-11)15(19)20;/h2*2-4H,1H3,(H2,12,14,16,17,18);/q;;+2/p-2. The number of thiazole rings is 2. The summed E-state index contributed by atoms with van der Waals surface area (Å²) in [4.78, 5) is 72.5. The average molecular weight is 673 g/mol. The van der Waals surface area contributed by atoms with E-state index in [1.807, 2.05) is 0 Å². The van der Waals surface area contributed by atoms with Crippen LogP contribution in [-0.4, -0.2) is 54.6 Å². The molecule has 0 aromatic carbocycles. The molecule has 43 heavy (non-hydrogen) atoms. The van der Waals surface area contributed by atoms with Crippen LogP contribution in [0.2, 0.25) is 0 Å². The molecule has 2 N–H and O–H groups in total. The van der Waals surface area contributed by atoms with Crippen LogP contribution in [0.1, 0.15) is 13.8 Å². The number of aliphatic hydroxyl groups excluding tert-OH is 2. The van der Waals surface area contributed by atoms with E-state index >= 15 is 0 Å². The molecule has 2 aliphatic carbocycles. The molecule has 21 heteroatoms. The van der Waals surface area contributed by atoms with E-state index in [4.69, 9.17) is 0 Å². The predicted molar refractivity (Wildman–Crippen MR) is 144 cm³/mol. The molecule has 2 aliphatic rings. The Kier molecular flexibility index (Phi) is 11.5. The summed E-state index contributed by atoms with van der Waals surface area (Å²) >= 11 is 1.40. The van der Waals surface area contributed by atoms with Crippen molar-refractivity contribution in [3.05, 3.63) is 89.2 Å². The number of rotatable bonds is 6. The summed E-state index contributed by atoms with van der Waals surface area (Å²) in [6.07, 6.45) is 5.98. The largest absolute Gasteiger partial charge is 2.00 e. The van der Waals surface area contributed by atoms with E-state index in [9.17, 15) is 49.6 Å². The van der Waals surface area contributed by atoms with E-state index in [0.29, 0.717) is 22.7 Å². The number of nitrogens with zero attached hydrogens (tertiary/aromatic N) is 8. The summed E-state index contributed by atoms with van der Waals surface area (Å²) in [5.41, 5.74) is -0.464. The smallest absolute Gasteiger partial charge is 0.506 e. The van der Waals surface area contributed by atoms with Crippen LogP contribution in [0.3, 0.4) is 0 Å². The molecule has 0 spiro atoms. The van der Waals surface area contributed by atoms with E-state index in [1.54, 1.807) is 0 Å². The number of Topliss-reactive ketones (excluding diaryl/α,β-unsaturated/α-hetero) is 2. The third kappa shape index (κ3) is 8.86. The van der Waals surface area contributed by atoms with Gasteiger partial charge in [0.2, 0.25) is 0 Å². The van der Waals surface area contributed by atoms with Crippen molar-refractivity contribution in [3.63, 3.8) is 0 Å². The first kappa shape index (κ1) is 34.0. The van der Waals surface area contributed by atoms with Crippen LogP contribution in [0.15, 0.2) is 79.8 Å². The Bertz CT molecular complexity index is 1730. The molecule has 2 aromatic rings. The zero-order valence-electron chi connectivity index (χ0n) is 21.4. The Balaban J connectivity index is 0.000000293. The Morgan fingerprint density at radius 1 is 0.721 bits per heavy atom. The number of carbonyl (C=O) groups excluding carboxylic acids is 4. The van der Waals surface area contributed by atoms with Crippen LogP contribution in [0.4, 0.5) is 10.0 Å². The Morgan fingerprint density at radius 2 is 1.07 bits per heavy atom. The maximum Gasteiger partial charge on any atom is 2.00 e.